The fourth-order valence-electron chi connectivity index (χ4n) is 3.71. The van der Waals surface area contributed by atoms with Gasteiger partial charge in [-0.25, -0.2) is 0 Å². The summed E-state index contributed by atoms with van der Waals surface area (Å²) in [6, 6.07) is 0. The SMILES string of the molecule is CCCCCCCCCCCCCCCCCCCCCCC=C(Cl)C(=O)Cl. The summed E-state index contributed by atoms with van der Waals surface area (Å²) in [5.74, 6) is 0. The van der Waals surface area contributed by atoms with E-state index in [4.69, 9.17) is 23.2 Å². The van der Waals surface area contributed by atoms with Gasteiger partial charge in [0.2, 0.25) is 0 Å². The van der Waals surface area contributed by atoms with Gasteiger partial charge in [-0.05, 0) is 24.4 Å². The maximum Gasteiger partial charge on any atom is 0.263 e. The number of allylic oxidation sites excluding steroid dienone is 2. The van der Waals surface area contributed by atoms with Gasteiger partial charge in [0.15, 0.2) is 0 Å². The van der Waals surface area contributed by atoms with E-state index in [9.17, 15) is 4.79 Å². The highest BCUT2D eigenvalue weighted by molar-refractivity contribution is 6.74. The van der Waals surface area contributed by atoms with E-state index < -0.39 is 5.24 Å². The Labute approximate surface area is 186 Å². The van der Waals surface area contributed by atoms with Gasteiger partial charge >= 0.3 is 0 Å². The van der Waals surface area contributed by atoms with Crippen LogP contribution in [-0.4, -0.2) is 5.24 Å². The van der Waals surface area contributed by atoms with Gasteiger partial charge < -0.3 is 0 Å². The molecule has 0 rings (SSSR count). The minimum absolute atomic E-state index is 0.166. The Morgan fingerprint density at radius 2 is 0.821 bits per heavy atom. The highest BCUT2D eigenvalue weighted by Crippen LogP contribution is 2.15. The van der Waals surface area contributed by atoms with E-state index in [0.717, 1.165) is 12.8 Å². The molecule has 0 fully saturated rings. The van der Waals surface area contributed by atoms with Gasteiger partial charge in [0.25, 0.3) is 5.24 Å². The molecule has 0 radical (unpaired) electrons. The lowest BCUT2D eigenvalue weighted by atomic mass is 10.0. The predicted octanol–water partition coefficient (Wildman–Crippen LogP) is 10.1. The lowest BCUT2D eigenvalue weighted by Crippen LogP contribution is -1.85. The molecule has 0 heterocycles. The smallest absolute Gasteiger partial charge is 0.263 e. The summed E-state index contributed by atoms with van der Waals surface area (Å²) >= 11 is 11.0. The van der Waals surface area contributed by atoms with Gasteiger partial charge in [0.05, 0.1) is 5.03 Å². The van der Waals surface area contributed by atoms with Crippen LogP contribution in [0.5, 0.6) is 0 Å². The predicted molar refractivity (Wildman–Crippen MR) is 127 cm³/mol. The lowest BCUT2D eigenvalue weighted by molar-refractivity contribution is -0.108. The molecule has 0 amide bonds. The van der Waals surface area contributed by atoms with Gasteiger partial charge in [0, 0.05) is 0 Å². The van der Waals surface area contributed by atoms with E-state index in [0.29, 0.717) is 0 Å². The van der Waals surface area contributed by atoms with Crippen molar-refractivity contribution in [2.45, 2.75) is 142 Å². The van der Waals surface area contributed by atoms with Crippen molar-refractivity contribution in [3.05, 3.63) is 11.1 Å². The first-order valence-corrected chi connectivity index (χ1v) is 13.0. The Balaban J connectivity index is 3.09. The molecule has 166 valence electrons. The fourth-order valence-corrected chi connectivity index (χ4v) is 3.89. The van der Waals surface area contributed by atoms with Crippen LogP contribution < -0.4 is 0 Å². The molecule has 28 heavy (non-hydrogen) atoms. The largest absolute Gasteiger partial charge is 0.275 e. The monoisotopic (exact) mass is 432 g/mol. The maximum atomic E-state index is 10.7. The van der Waals surface area contributed by atoms with E-state index in [-0.39, 0.29) is 5.03 Å². The van der Waals surface area contributed by atoms with Crippen molar-refractivity contribution in [3.8, 4) is 0 Å². The third-order valence-corrected chi connectivity index (χ3v) is 6.20. The summed E-state index contributed by atoms with van der Waals surface area (Å²) in [6.45, 7) is 2.29. The number of carbonyl (C=O) groups excluding carboxylic acids is 1. The summed E-state index contributed by atoms with van der Waals surface area (Å²) < 4.78 is 0. The normalized spacial score (nSPS) is 11.9. The molecule has 0 N–H and O–H groups in total. The first kappa shape index (κ1) is 28.0. The van der Waals surface area contributed by atoms with Crippen LogP contribution in [0.15, 0.2) is 11.1 Å². The summed E-state index contributed by atoms with van der Waals surface area (Å²) in [4.78, 5) is 10.7. The first-order chi connectivity index (χ1) is 13.7. The molecule has 0 saturated heterocycles. The zero-order chi connectivity index (χ0) is 20.7. The molecule has 0 atom stereocenters. The van der Waals surface area contributed by atoms with Gasteiger partial charge in [0.1, 0.15) is 0 Å². The van der Waals surface area contributed by atoms with E-state index in [1.165, 1.54) is 122 Å². The van der Waals surface area contributed by atoms with Gasteiger partial charge in [-0.15, -0.1) is 0 Å². The molecule has 0 unspecified atom stereocenters. The second-order valence-electron chi connectivity index (χ2n) is 8.33. The van der Waals surface area contributed by atoms with Gasteiger partial charge in [-0.2, -0.15) is 0 Å². The molecule has 0 aliphatic rings. The molecule has 0 aromatic carbocycles. The van der Waals surface area contributed by atoms with Crippen LogP contribution in [0.4, 0.5) is 0 Å². The summed E-state index contributed by atoms with van der Waals surface area (Å²) in [5.41, 5.74) is 0. The number of unbranched alkanes of at least 4 members (excludes halogenated alkanes) is 20. The number of carbonyl (C=O) groups is 1. The van der Waals surface area contributed by atoms with Crippen LogP contribution in [0.25, 0.3) is 0 Å². The fraction of sp³-hybridized carbons (Fsp3) is 0.880. The number of halogens is 2. The molecule has 0 aliphatic heterocycles. The topological polar surface area (TPSA) is 17.1 Å². The third kappa shape index (κ3) is 22.3. The zero-order valence-corrected chi connectivity index (χ0v) is 20.1. The molecular weight excluding hydrogens is 387 g/mol. The quantitative estimate of drug-likeness (QED) is 0.0943. The Hall–Kier alpha value is -0.0100. The van der Waals surface area contributed by atoms with E-state index in [1.807, 2.05) is 0 Å². The minimum atomic E-state index is -0.546. The van der Waals surface area contributed by atoms with E-state index in [2.05, 4.69) is 6.92 Å². The molecule has 0 saturated carbocycles. The summed E-state index contributed by atoms with van der Waals surface area (Å²) in [6.07, 6.45) is 30.4. The number of hydrogen-bond donors (Lipinski definition) is 0. The van der Waals surface area contributed by atoms with Crippen molar-refractivity contribution in [3.63, 3.8) is 0 Å². The summed E-state index contributed by atoms with van der Waals surface area (Å²) in [7, 11) is 0. The Kier molecular flexibility index (Phi) is 23.3. The zero-order valence-electron chi connectivity index (χ0n) is 18.6. The summed E-state index contributed by atoms with van der Waals surface area (Å²) in [5, 5.41) is -0.380. The molecule has 0 aromatic heterocycles. The standard InChI is InChI=1S/C25H46Cl2O/c1-2-3-4-5-6-7-8-9-10-11-12-13-14-15-16-17-18-19-20-21-22-23-24(26)25(27)28/h23H,2-22H2,1H3. The van der Waals surface area contributed by atoms with Gasteiger partial charge in [-0.1, -0.05) is 147 Å². The Morgan fingerprint density at radius 3 is 1.11 bits per heavy atom. The minimum Gasteiger partial charge on any atom is -0.275 e. The van der Waals surface area contributed by atoms with Crippen molar-refractivity contribution < 1.29 is 4.79 Å². The van der Waals surface area contributed by atoms with Crippen LogP contribution in [0, 0.1) is 0 Å². The van der Waals surface area contributed by atoms with Crippen molar-refractivity contribution in [1.82, 2.24) is 0 Å². The molecule has 0 aromatic rings. The second-order valence-corrected chi connectivity index (χ2v) is 9.08. The Morgan fingerprint density at radius 1 is 0.536 bits per heavy atom. The Bertz CT molecular complexity index is 366. The molecule has 1 nitrogen and oxygen atoms in total. The van der Waals surface area contributed by atoms with Crippen LogP contribution in [0.3, 0.4) is 0 Å². The number of hydrogen-bond acceptors (Lipinski definition) is 1. The second kappa shape index (κ2) is 23.3. The molecule has 0 bridgehead atoms. The average molecular weight is 434 g/mol. The van der Waals surface area contributed by atoms with Crippen LogP contribution in [0.2, 0.25) is 0 Å². The van der Waals surface area contributed by atoms with Crippen molar-refractivity contribution >= 4 is 28.4 Å². The van der Waals surface area contributed by atoms with Crippen molar-refractivity contribution in [1.29, 1.82) is 0 Å². The highest BCUT2D eigenvalue weighted by atomic mass is 35.5. The highest BCUT2D eigenvalue weighted by Gasteiger charge is 2.00. The van der Waals surface area contributed by atoms with E-state index in [1.54, 1.807) is 6.08 Å². The van der Waals surface area contributed by atoms with Crippen molar-refractivity contribution in [2.24, 2.45) is 0 Å². The average Bonchev–Trinajstić information content (AvgIpc) is 2.68. The van der Waals surface area contributed by atoms with Crippen LogP contribution >= 0.6 is 23.2 Å². The molecular formula is C25H46Cl2O. The van der Waals surface area contributed by atoms with Crippen molar-refractivity contribution in [2.75, 3.05) is 0 Å². The lowest BCUT2D eigenvalue weighted by Gasteiger charge is -2.04. The van der Waals surface area contributed by atoms with E-state index >= 15 is 0 Å². The molecule has 0 spiro atoms. The number of rotatable bonds is 22. The first-order valence-electron chi connectivity index (χ1n) is 12.2. The van der Waals surface area contributed by atoms with Crippen LogP contribution in [0.1, 0.15) is 142 Å². The maximum absolute atomic E-state index is 10.7. The molecule has 3 heteroatoms. The van der Waals surface area contributed by atoms with Crippen LogP contribution in [-0.2, 0) is 4.79 Å². The third-order valence-electron chi connectivity index (χ3n) is 5.57. The van der Waals surface area contributed by atoms with Gasteiger partial charge in [-0.3, -0.25) is 4.79 Å². The molecule has 0 aliphatic carbocycles.